The number of rotatable bonds is 6. The lowest BCUT2D eigenvalue weighted by molar-refractivity contribution is -0.141. The fraction of sp³-hybridized carbons (Fsp3) is 0.192. The van der Waals surface area contributed by atoms with Crippen LogP contribution in [-0.4, -0.2) is 16.9 Å². The van der Waals surface area contributed by atoms with Crippen molar-refractivity contribution in [3.05, 3.63) is 93.2 Å². The van der Waals surface area contributed by atoms with Crippen molar-refractivity contribution in [2.24, 2.45) is 0 Å². The molecule has 35 heavy (non-hydrogen) atoms. The number of aromatic nitrogens is 2. The van der Waals surface area contributed by atoms with E-state index in [0.717, 1.165) is 38.8 Å². The Kier molecular flexibility index (Phi) is 7.01. The normalized spacial score (nSPS) is 11.5. The molecule has 9 heteroatoms. The molecule has 4 aromatic rings. The minimum Gasteiger partial charge on any atom is -0.496 e. The Labute approximate surface area is 210 Å². The first-order chi connectivity index (χ1) is 16.6. The summed E-state index contributed by atoms with van der Waals surface area (Å²) < 4.78 is 52.4. The van der Waals surface area contributed by atoms with E-state index in [1.807, 2.05) is 38.1 Å². The molecule has 0 spiro atoms. The molecule has 0 radical (unpaired) electrons. The summed E-state index contributed by atoms with van der Waals surface area (Å²) in [6, 6.07) is 17.0. The van der Waals surface area contributed by atoms with E-state index >= 15 is 0 Å². The van der Waals surface area contributed by atoms with Crippen LogP contribution in [0.1, 0.15) is 22.5 Å². The van der Waals surface area contributed by atoms with Gasteiger partial charge in [-0.15, -0.1) is 0 Å². The number of aryl methyl sites for hydroxylation is 2. The molecule has 3 aromatic carbocycles. The Hall–Kier alpha value is -3.16. The van der Waals surface area contributed by atoms with Crippen molar-refractivity contribution in [3.63, 3.8) is 0 Å². The van der Waals surface area contributed by atoms with Gasteiger partial charge < -0.3 is 9.47 Å². The van der Waals surface area contributed by atoms with Crippen LogP contribution in [0.4, 0.5) is 13.2 Å². The van der Waals surface area contributed by atoms with Gasteiger partial charge in [0, 0.05) is 0 Å². The zero-order valence-corrected chi connectivity index (χ0v) is 20.6. The molecule has 0 bridgehead atoms. The summed E-state index contributed by atoms with van der Waals surface area (Å²) in [4.78, 5) is 0. The minimum atomic E-state index is -4.63. The van der Waals surface area contributed by atoms with E-state index in [9.17, 15) is 13.2 Å². The molecule has 1 heterocycles. The van der Waals surface area contributed by atoms with Crippen LogP contribution >= 0.6 is 23.2 Å². The number of methoxy groups -OCH3 is 1. The standard InChI is InChI=1S/C26H21Cl2F3N2O2/c1-15-11-18(12-16(2)25(15)34-3)17-7-9-20(10-8-17)35-14-19-13-23(26(29,30)31)32-33(19)24-21(27)5-4-6-22(24)28/h4-13H,14H2,1-3H3. The van der Waals surface area contributed by atoms with Gasteiger partial charge in [-0.3, -0.25) is 0 Å². The van der Waals surface area contributed by atoms with Gasteiger partial charge in [0.25, 0.3) is 0 Å². The van der Waals surface area contributed by atoms with Gasteiger partial charge in [0.1, 0.15) is 23.8 Å². The van der Waals surface area contributed by atoms with E-state index in [4.69, 9.17) is 32.7 Å². The van der Waals surface area contributed by atoms with Gasteiger partial charge in [0.05, 0.1) is 22.8 Å². The quantitative estimate of drug-likeness (QED) is 0.258. The van der Waals surface area contributed by atoms with Crippen LogP contribution in [0.3, 0.4) is 0 Å². The molecule has 0 saturated heterocycles. The Morgan fingerprint density at radius 2 is 1.49 bits per heavy atom. The Morgan fingerprint density at radius 1 is 0.886 bits per heavy atom. The minimum absolute atomic E-state index is 0.151. The van der Waals surface area contributed by atoms with Crippen LogP contribution < -0.4 is 9.47 Å². The molecule has 0 aliphatic rings. The predicted octanol–water partition coefficient (Wildman–Crippen LogP) is 8.07. The second kappa shape index (κ2) is 9.84. The number of para-hydroxylation sites is 1. The van der Waals surface area contributed by atoms with E-state index in [-0.39, 0.29) is 28.0 Å². The second-order valence-electron chi connectivity index (χ2n) is 7.96. The maximum atomic E-state index is 13.4. The van der Waals surface area contributed by atoms with Crippen molar-refractivity contribution in [2.75, 3.05) is 7.11 Å². The molecular formula is C26H21Cl2F3N2O2. The molecule has 0 amide bonds. The first-order valence-corrected chi connectivity index (χ1v) is 11.3. The lowest BCUT2D eigenvalue weighted by Crippen LogP contribution is -2.09. The van der Waals surface area contributed by atoms with Gasteiger partial charge in [-0.25, -0.2) is 4.68 Å². The zero-order chi connectivity index (χ0) is 25.3. The number of alkyl halides is 3. The second-order valence-corrected chi connectivity index (χ2v) is 8.77. The molecule has 4 nitrogen and oxygen atoms in total. The summed E-state index contributed by atoms with van der Waals surface area (Å²) in [5, 5.41) is 4.05. The summed E-state index contributed by atoms with van der Waals surface area (Å²) in [6.07, 6.45) is -4.63. The maximum absolute atomic E-state index is 13.4. The number of hydrogen-bond acceptors (Lipinski definition) is 3. The summed E-state index contributed by atoms with van der Waals surface area (Å²) in [5.74, 6) is 1.34. The van der Waals surface area contributed by atoms with E-state index in [1.165, 1.54) is 12.1 Å². The first kappa shape index (κ1) is 24.9. The summed E-state index contributed by atoms with van der Waals surface area (Å²) in [6.45, 7) is 3.79. The van der Waals surface area contributed by atoms with Crippen LogP contribution in [0.25, 0.3) is 16.8 Å². The number of nitrogens with zero attached hydrogens (tertiary/aromatic N) is 2. The first-order valence-electron chi connectivity index (χ1n) is 10.6. The lowest BCUT2D eigenvalue weighted by Gasteiger charge is -2.13. The number of ether oxygens (including phenoxy) is 2. The van der Waals surface area contributed by atoms with Crippen molar-refractivity contribution < 1.29 is 22.6 Å². The van der Waals surface area contributed by atoms with Crippen molar-refractivity contribution >= 4 is 23.2 Å². The van der Waals surface area contributed by atoms with Crippen LogP contribution in [0.5, 0.6) is 11.5 Å². The molecular weight excluding hydrogens is 500 g/mol. The summed E-state index contributed by atoms with van der Waals surface area (Å²) in [7, 11) is 1.64. The smallest absolute Gasteiger partial charge is 0.435 e. The lowest BCUT2D eigenvalue weighted by atomic mass is 10.00. The fourth-order valence-electron chi connectivity index (χ4n) is 3.89. The summed E-state index contributed by atoms with van der Waals surface area (Å²) in [5.41, 5.74) is 3.28. The molecule has 0 atom stereocenters. The van der Waals surface area contributed by atoms with E-state index in [1.54, 1.807) is 25.3 Å². The molecule has 182 valence electrons. The number of benzene rings is 3. The van der Waals surface area contributed by atoms with Crippen LogP contribution in [0, 0.1) is 13.8 Å². The van der Waals surface area contributed by atoms with E-state index in [0.29, 0.717) is 5.75 Å². The van der Waals surface area contributed by atoms with Crippen LogP contribution in [0.2, 0.25) is 10.0 Å². The molecule has 0 saturated carbocycles. The SMILES string of the molecule is COc1c(C)cc(-c2ccc(OCc3cc(C(F)(F)F)nn3-c3c(Cl)cccc3Cl)cc2)cc1C. The Morgan fingerprint density at radius 3 is 2.03 bits per heavy atom. The van der Waals surface area contributed by atoms with Gasteiger partial charge in [-0.05, 0) is 78.6 Å². The third-order valence-corrected chi connectivity index (χ3v) is 6.07. The maximum Gasteiger partial charge on any atom is 0.435 e. The Bertz CT molecular complexity index is 1320. The van der Waals surface area contributed by atoms with E-state index in [2.05, 4.69) is 5.10 Å². The molecule has 0 unspecified atom stereocenters. The highest BCUT2D eigenvalue weighted by molar-refractivity contribution is 6.37. The van der Waals surface area contributed by atoms with Crippen LogP contribution in [0.15, 0.2) is 60.7 Å². The predicted molar refractivity (Wildman–Crippen MR) is 131 cm³/mol. The van der Waals surface area contributed by atoms with Gasteiger partial charge >= 0.3 is 6.18 Å². The van der Waals surface area contributed by atoms with Gasteiger partial charge in [-0.1, -0.05) is 41.4 Å². The molecule has 4 rings (SSSR count). The molecule has 1 aromatic heterocycles. The molecule has 0 fully saturated rings. The Balaban J connectivity index is 1.60. The average molecular weight is 521 g/mol. The van der Waals surface area contributed by atoms with Crippen LogP contribution in [-0.2, 0) is 12.8 Å². The molecule has 0 aliphatic heterocycles. The fourth-order valence-corrected chi connectivity index (χ4v) is 4.44. The highest BCUT2D eigenvalue weighted by atomic mass is 35.5. The van der Waals surface area contributed by atoms with Crippen molar-refractivity contribution in [1.82, 2.24) is 9.78 Å². The summed E-state index contributed by atoms with van der Waals surface area (Å²) >= 11 is 12.4. The average Bonchev–Trinajstić information content (AvgIpc) is 3.22. The highest BCUT2D eigenvalue weighted by Crippen LogP contribution is 2.34. The van der Waals surface area contributed by atoms with Crippen molar-refractivity contribution in [1.29, 1.82) is 0 Å². The van der Waals surface area contributed by atoms with Crippen molar-refractivity contribution in [2.45, 2.75) is 26.6 Å². The monoisotopic (exact) mass is 520 g/mol. The third kappa shape index (κ3) is 5.26. The van der Waals surface area contributed by atoms with Crippen molar-refractivity contribution in [3.8, 4) is 28.3 Å². The number of hydrogen-bond donors (Lipinski definition) is 0. The highest BCUT2D eigenvalue weighted by Gasteiger charge is 2.35. The largest absolute Gasteiger partial charge is 0.496 e. The number of halogens is 5. The van der Waals surface area contributed by atoms with Gasteiger partial charge in [0.2, 0.25) is 0 Å². The molecule has 0 aliphatic carbocycles. The topological polar surface area (TPSA) is 36.3 Å². The van der Waals surface area contributed by atoms with Gasteiger partial charge in [-0.2, -0.15) is 18.3 Å². The van der Waals surface area contributed by atoms with Gasteiger partial charge in [0.15, 0.2) is 5.69 Å². The third-order valence-electron chi connectivity index (χ3n) is 5.46. The zero-order valence-electron chi connectivity index (χ0n) is 19.1. The van der Waals surface area contributed by atoms with E-state index < -0.39 is 11.9 Å². The molecule has 0 N–H and O–H groups in total.